The highest BCUT2D eigenvalue weighted by molar-refractivity contribution is 7.17. The van der Waals surface area contributed by atoms with Gasteiger partial charge in [-0.3, -0.25) is 4.79 Å². The summed E-state index contributed by atoms with van der Waals surface area (Å²) in [6, 6.07) is 4.65. The topological polar surface area (TPSA) is 55.1 Å². The number of carbonyl (C=O) groups is 1. The van der Waals surface area contributed by atoms with E-state index in [0.717, 1.165) is 12.8 Å². The van der Waals surface area contributed by atoms with E-state index in [2.05, 4.69) is 5.32 Å². The molecule has 0 bridgehead atoms. The van der Waals surface area contributed by atoms with Crippen LogP contribution in [0.1, 0.15) is 36.0 Å². The van der Waals surface area contributed by atoms with Crippen LogP contribution in [0.2, 0.25) is 0 Å². The first-order chi connectivity index (χ1) is 10.2. The summed E-state index contributed by atoms with van der Waals surface area (Å²) in [5.41, 5.74) is 6.36. The summed E-state index contributed by atoms with van der Waals surface area (Å²) in [4.78, 5) is 12.5. The second-order valence-electron chi connectivity index (χ2n) is 5.62. The highest BCUT2D eigenvalue weighted by atomic mass is 32.1. The molecule has 1 heterocycles. The van der Waals surface area contributed by atoms with Crippen LogP contribution in [0.4, 0.5) is 4.39 Å². The van der Waals surface area contributed by atoms with E-state index in [0.29, 0.717) is 28.1 Å². The summed E-state index contributed by atoms with van der Waals surface area (Å²) in [5, 5.41) is 5.37. The van der Waals surface area contributed by atoms with Gasteiger partial charge in [0.05, 0.1) is 5.56 Å². The molecule has 0 spiro atoms. The Morgan fingerprint density at radius 2 is 2.14 bits per heavy atom. The van der Waals surface area contributed by atoms with E-state index in [4.69, 9.17) is 5.73 Å². The van der Waals surface area contributed by atoms with Gasteiger partial charge in [-0.25, -0.2) is 4.39 Å². The van der Waals surface area contributed by atoms with E-state index in [1.54, 1.807) is 12.1 Å². The summed E-state index contributed by atoms with van der Waals surface area (Å²) in [6.07, 6.45) is 4.67. The van der Waals surface area contributed by atoms with Crippen molar-refractivity contribution < 1.29 is 9.18 Å². The van der Waals surface area contributed by atoms with E-state index in [1.807, 2.05) is 5.38 Å². The van der Waals surface area contributed by atoms with E-state index in [1.165, 1.54) is 30.2 Å². The first-order valence-electron chi connectivity index (χ1n) is 7.37. The van der Waals surface area contributed by atoms with Crippen LogP contribution >= 0.6 is 11.3 Å². The van der Waals surface area contributed by atoms with E-state index in [9.17, 15) is 9.18 Å². The van der Waals surface area contributed by atoms with Crippen LogP contribution in [-0.4, -0.2) is 18.5 Å². The van der Waals surface area contributed by atoms with Crippen LogP contribution in [0.15, 0.2) is 23.6 Å². The second-order valence-corrected chi connectivity index (χ2v) is 6.53. The summed E-state index contributed by atoms with van der Waals surface area (Å²) in [5.74, 6) is 0.0389. The minimum absolute atomic E-state index is 0.0139. The van der Waals surface area contributed by atoms with Gasteiger partial charge in [0.1, 0.15) is 5.82 Å². The molecule has 1 saturated carbocycles. The molecule has 0 unspecified atom stereocenters. The van der Waals surface area contributed by atoms with Crippen LogP contribution in [-0.2, 0) is 0 Å². The number of fused-ring (bicyclic) bond motifs is 1. The van der Waals surface area contributed by atoms with Gasteiger partial charge in [0.2, 0.25) is 0 Å². The zero-order valence-corrected chi connectivity index (χ0v) is 12.6. The van der Waals surface area contributed by atoms with Crippen molar-refractivity contribution >= 4 is 27.3 Å². The van der Waals surface area contributed by atoms with Gasteiger partial charge in [-0.05, 0) is 42.3 Å². The fraction of sp³-hybridized carbons (Fsp3) is 0.438. The lowest BCUT2D eigenvalue weighted by Crippen LogP contribution is -2.44. The summed E-state index contributed by atoms with van der Waals surface area (Å²) < 4.78 is 14.4. The maximum Gasteiger partial charge on any atom is 0.253 e. The molecular weight excluding hydrogens is 287 g/mol. The van der Waals surface area contributed by atoms with E-state index >= 15 is 0 Å². The van der Waals surface area contributed by atoms with Gasteiger partial charge in [0.15, 0.2) is 0 Å². The lowest BCUT2D eigenvalue weighted by atomic mass is 9.97. The minimum Gasteiger partial charge on any atom is -0.348 e. The zero-order valence-electron chi connectivity index (χ0n) is 11.8. The van der Waals surface area contributed by atoms with Crippen molar-refractivity contribution in [1.29, 1.82) is 0 Å². The lowest BCUT2D eigenvalue weighted by molar-refractivity contribution is 0.0926. The molecule has 1 fully saturated rings. The Balaban J connectivity index is 1.83. The molecule has 1 amide bonds. The molecular formula is C16H19FN2OS. The Kier molecular flexibility index (Phi) is 4.22. The van der Waals surface area contributed by atoms with Gasteiger partial charge < -0.3 is 11.1 Å². The van der Waals surface area contributed by atoms with Gasteiger partial charge in [0, 0.05) is 22.7 Å². The maximum atomic E-state index is 13.7. The van der Waals surface area contributed by atoms with Gasteiger partial charge in [-0.1, -0.05) is 12.8 Å². The first-order valence-corrected chi connectivity index (χ1v) is 8.25. The number of rotatable bonds is 4. The van der Waals surface area contributed by atoms with Crippen molar-refractivity contribution in [2.45, 2.75) is 31.7 Å². The van der Waals surface area contributed by atoms with Crippen molar-refractivity contribution in [3.63, 3.8) is 0 Å². The molecule has 3 nitrogen and oxygen atoms in total. The fourth-order valence-electron chi connectivity index (χ4n) is 3.18. The monoisotopic (exact) mass is 306 g/mol. The Morgan fingerprint density at radius 1 is 1.38 bits per heavy atom. The first kappa shape index (κ1) is 14.5. The smallest absolute Gasteiger partial charge is 0.253 e. The number of benzene rings is 1. The van der Waals surface area contributed by atoms with Crippen LogP contribution < -0.4 is 11.1 Å². The Labute approximate surface area is 127 Å². The predicted molar refractivity (Wildman–Crippen MR) is 84.0 cm³/mol. The Hall–Kier alpha value is -1.46. The summed E-state index contributed by atoms with van der Waals surface area (Å²) >= 11 is 1.39. The molecule has 1 aromatic carbocycles. The van der Waals surface area contributed by atoms with Crippen LogP contribution in [0.3, 0.4) is 0 Å². The molecule has 0 aliphatic heterocycles. The van der Waals surface area contributed by atoms with Gasteiger partial charge in [-0.2, -0.15) is 0 Å². The molecule has 21 heavy (non-hydrogen) atoms. The molecule has 3 N–H and O–H groups in total. The summed E-state index contributed by atoms with van der Waals surface area (Å²) in [7, 11) is 0. The lowest BCUT2D eigenvalue weighted by Gasteiger charge is -2.23. The van der Waals surface area contributed by atoms with Crippen LogP contribution in [0.25, 0.3) is 10.1 Å². The highest BCUT2D eigenvalue weighted by Crippen LogP contribution is 2.29. The molecule has 1 atom stereocenters. The number of hydrogen-bond acceptors (Lipinski definition) is 3. The van der Waals surface area contributed by atoms with Crippen molar-refractivity contribution in [3.05, 3.63) is 35.0 Å². The van der Waals surface area contributed by atoms with Crippen molar-refractivity contribution in [2.24, 2.45) is 11.7 Å². The molecule has 3 rings (SSSR count). The summed E-state index contributed by atoms with van der Waals surface area (Å²) in [6.45, 7) is 0.450. The Bertz CT molecular complexity index is 649. The molecule has 1 aliphatic rings. The van der Waals surface area contributed by atoms with Crippen molar-refractivity contribution in [1.82, 2.24) is 5.32 Å². The number of halogens is 1. The molecule has 5 heteroatoms. The predicted octanol–water partition coefficient (Wildman–Crippen LogP) is 3.29. The largest absolute Gasteiger partial charge is 0.348 e. The molecule has 0 saturated heterocycles. The average molecular weight is 306 g/mol. The zero-order chi connectivity index (χ0) is 14.8. The molecule has 112 valence electrons. The van der Waals surface area contributed by atoms with Gasteiger partial charge >= 0.3 is 0 Å². The van der Waals surface area contributed by atoms with Crippen molar-refractivity contribution in [3.8, 4) is 0 Å². The number of amides is 1. The third-order valence-electron chi connectivity index (χ3n) is 4.35. The fourth-order valence-corrected chi connectivity index (χ4v) is 4.10. The van der Waals surface area contributed by atoms with E-state index < -0.39 is 0 Å². The van der Waals surface area contributed by atoms with Crippen molar-refractivity contribution in [2.75, 3.05) is 6.54 Å². The quantitative estimate of drug-likeness (QED) is 0.910. The minimum atomic E-state index is -0.283. The second kappa shape index (κ2) is 6.12. The number of thiophene rings is 1. The molecule has 1 aromatic heterocycles. The number of nitrogens with one attached hydrogen (secondary N) is 1. The molecule has 2 aromatic rings. The number of hydrogen-bond donors (Lipinski definition) is 2. The third kappa shape index (κ3) is 2.80. The Morgan fingerprint density at radius 3 is 2.86 bits per heavy atom. The third-order valence-corrected chi connectivity index (χ3v) is 5.30. The maximum absolute atomic E-state index is 13.7. The molecule has 1 aliphatic carbocycles. The highest BCUT2D eigenvalue weighted by Gasteiger charge is 2.26. The molecule has 0 radical (unpaired) electrons. The normalized spacial score (nSPS) is 17.2. The van der Waals surface area contributed by atoms with Gasteiger partial charge in [0.25, 0.3) is 5.91 Å². The van der Waals surface area contributed by atoms with Crippen LogP contribution in [0, 0.1) is 11.7 Å². The number of carbonyl (C=O) groups excluding carboxylic acids is 1. The standard InChI is InChI=1S/C16H19FN2OS/c17-13-6-5-12(15-11(13)7-8-21-15)16(20)19-14(9-18)10-3-1-2-4-10/h5-8,10,14H,1-4,9,18H2,(H,19,20)/t14-/m0/s1. The SMILES string of the molecule is NC[C@H](NC(=O)c1ccc(F)c2ccsc12)C1CCCC1. The number of nitrogens with two attached hydrogens (primary N) is 1. The van der Waals surface area contributed by atoms with E-state index in [-0.39, 0.29) is 17.8 Å². The average Bonchev–Trinajstić information content (AvgIpc) is 3.16. The van der Waals surface area contributed by atoms with Crippen LogP contribution in [0.5, 0.6) is 0 Å². The van der Waals surface area contributed by atoms with Gasteiger partial charge in [-0.15, -0.1) is 11.3 Å².